The molecule has 0 saturated carbocycles. The lowest BCUT2D eigenvalue weighted by molar-refractivity contribution is -0.151. The number of amides is 1. The molecule has 2 heterocycles. The van der Waals surface area contributed by atoms with Crippen LogP contribution in [0.4, 0.5) is 0 Å². The zero-order valence-corrected chi connectivity index (χ0v) is 27.5. The van der Waals surface area contributed by atoms with Crippen molar-refractivity contribution in [1.29, 1.82) is 0 Å². The molecule has 266 valence electrons. The van der Waals surface area contributed by atoms with Crippen LogP contribution in [-0.2, 0) is 33.3 Å². The van der Waals surface area contributed by atoms with Crippen molar-refractivity contribution in [2.75, 3.05) is 6.61 Å². The van der Waals surface area contributed by atoms with E-state index in [2.05, 4.69) is 10.3 Å². The molecule has 3 aromatic carbocycles. The van der Waals surface area contributed by atoms with Gasteiger partial charge in [-0.15, -0.1) is 0 Å². The fourth-order valence-corrected chi connectivity index (χ4v) is 5.18. The van der Waals surface area contributed by atoms with Crippen molar-refractivity contribution < 1.29 is 57.6 Å². The van der Waals surface area contributed by atoms with Gasteiger partial charge in [0.15, 0.2) is 18.3 Å². The molecule has 0 spiro atoms. The highest BCUT2D eigenvalue weighted by Gasteiger charge is 2.49. The standard InChI is InChI=1S/C38H32N2O12/c1-23(41)40-31-28(50-36(45)25-15-7-3-8-16-25)21-29(34(42)43)49-33(31)32(52-38(47)27-19-11-12-20-39-27)30(51-37(46)26-17-9-4-10-18-26)22-48-35(44)24-13-5-2-6-14-24/h2-21,28,30-33H,22H2,1H3,(H,40,41)(H,42,43)/t28-,30+,31+,32+,33+/m0/s1. The Morgan fingerprint density at radius 3 is 1.83 bits per heavy atom. The number of carboxylic acid groups (broad SMARTS) is 1. The van der Waals surface area contributed by atoms with E-state index in [9.17, 15) is 33.9 Å². The fourth-order valence-electron chi connectivity index (χ4n) is 5.18. The number of benzene rings is 3. The second-order valence-electron chi connectivity index (χ2n) is 11.2. The summed E-state index contributed by atoms with van der Waals surface area (Å²) in [6.07, 6.45) is -4.54. The minimum absolute atomic E-state index is 0.0699. The minimum Gasteiger partial charge on any atom is -0.477 e. The second kappa shape index (κ2) is 17.2. The molecule has 5 atom stereocenters. The van der Waals surface area contributed by atoms with Gasteiger partial charge >= 0.3 is 29.8 Å². The van der Waals surface area contributed by atoms with Crippen LogP contribution >= 0.6 is 0 Å². The third-order valence-electron chi connectivity index (χ3n) is 7.58. The molecule has 1 amide bonds. The van der Waals surface area contributed by atoms with E-state index in [1.165, 1.54) is 54.7 Å². The molecule has 5 rings (SSSR count). The van der Waals surface area contributed by atoms with E-state index in [1.807, 2.05) is 0 Å². The first-order valence-electron chi connectivity index (χ1n) is 15.9. The van der Waals surface area contributed by atoms with Gasteiger partial charge in [-0.05, 0) is 48.5 Å². The van der Waals surface area contributed by atoms with Crippen LogP contribution in [0, 0.1) is 0 Å². The summed E-state index contributed by atoms with van der Waals surface area (Å²) < 4.78 is 28.8. The molecule has 52 heavy (non-hydrogen) atoms. The average Bonchev–Trinajstić information content (AvgIpc) is 3.17. The first-order valence-corrected chi connectivity index (χ1v) is 15.9. The lowest BCUT2D eigenvalue weighted by atomic mass is 9.93. The van der Waals surface area contributed by atoms with Crippen LogP contribution in [0.5, 0.6) is 0 Å². The number of aromatic nitrogens is 1. The number of aliphatic carboxylic acids is 1. The number of carboxylic acids is 1. The maximum atomic E-state index is 13.6. The summed E-state index contributed by atoms with van der Waals surface area (Å²) in [7, 11) is 0. The van der Waals surface area contributed by atoms with E-state index < -0.39 is 78.6 Å². The first kappa shape index (κ1) is 36.5. The van der Waals surface area contributed by atoms with Gasteiger partial charge in [0.1, 0.15) is 24.4 Å². The number of nitrogens with one attached hydrogen (secondary N) is 1. The number of hydrogen-bond acceptors (Lipinski definition) is 12. The molecular weight excluding hydrogens is 676 g/mol. The quantitative estimate of drug-likeness (QED) is 0.151. The Bertz CT molecular complexity index is 1920. The van der Waals surface area contributed by atoms with Gasteiger partial charge < -0.3 is 34.1 Å². The highest BCUT2D eigenvalue weighted by molar-refractivity contribution is 5.91. The topological polar surface area (TPSA) is 194 Å². The van der Waals surface area contributed by atoms with Crippen LogP contribution in [-0.4, -0.2) is 82.9 Å². The molecule has 14 nitrogen and oxygen atoms in total. The molecule has 0 saturated heterocycles. The van der Waals surface area contributed by atoms with Crippen molar-refractivity contribution in [2.24, 2.45) is 0 Å². The van der Waals surface area contributed by atoms with E-state index in [1.54, 1.807) is 60.7 Å². The van der Waals surface area contributed by atoms with Crippen molar-refractivity contribution in [2.45, 2.75) is 37.4 Å². The number of esters is 4. The highest BCUT2D eigenvalue weighted by Crippen LogP contribution is 2.29. The zero-order chi connectivity index (χ0) is 37.0. The van der Waals surface area contributed by atoms with Crippen LogP contribution in [0.3, 0.4) is 0 Å². The molecule has 14 heteroatoms. The summed E-state index contributed by atoms with van der Waals surface area (Å²) in [5.41, 5.74) is 0.125. The SMILES string of the molecule is CC(=O)N[C@H]1[C@H]([C@H](OC(=O)c2ccccn2)[C@@H](COC(=O)c2ccccc2)OC(=O)c2ccccc2)OC(C(=O)O)=C[C@@H]1OC(=O)c1ccccc1. The van der Waals surface area contributed by atoms with Gasteiger partial charge in [0, 0.05) is 19.2 Å². The van der Waals surface area contributed by atoms with Crippen LogP contribution in [0.25, 0.3) is 0 Å². The summed E-state index contributed by atoms with van der Waals surface area (Å²) in [6.45, 7) is 0.396. The number of hydrogen-bond donors (Lipinski definition) is 2. The molecule has 1 aromatic heterocycles. The molecule has 0 bridgehead atoms. The van der Waals surface area contributed by atoms with Crippen molar-refractivity contribution in [1.82, 2.24) is 10.3 Å². The summed E-state index contributed by atoms with van der Waals surface area (Å²) in [5, 5.41) is 12.7. The van der Waals surface area contributed by atoms with E-state index in [4.69, 9.17) is 23.7 Å². The van der Waals surface area contributed by atoms with E-state index in [0.717, 1.165) is 13.0 Å². The fraction of sp³-hybridized carbons (Fsp3) is 0.184. The van der Waals surface area contributed by atoms with Gasteiger partial charge in [0.05, 0.1) is 16.7 Å². The van der Waals surface area contributed by atoms with Crippen molar-refractivity contribution in [3.05, 3.63) is 150 Å². The molecule has 1 aliphatic heterocycles. The Balaban J connectivity index is 1.60. The summed E-state index contributed by atoms with van der Waals surface area (Å²) in [4.78, 5) is 82.5. The largest absolute Gasteiger partial charge is 0.477 e. The smallest absolute Gasteiger partial charge is 0.370 e. The summed E-state index contributed by atoms with van der Waals surface area (Å²) >= 11 is 0. The van der Waals surface area contributed by atoms with Crippen LogP contribution in [0.2, 0.25) is 0 Å². The zero-order valence-electron chi connectivity index (χ0n) is 27.5. The number of carbonyl (C=O) groups is 6. The first-order chi connectivity index (χ1) is 25.1. The molecule has 0 fully saturated rings. The number of rotatable bonds is 13. The Morgan fingerprint density at radius 1 is 0.731 bits per heavy atom. The third kappa shape index (κ3) is 9.44. The molecular formula is C38H32N2O12. The highest BCUT2D eigenvalue weighted by atomic mass is 16.6. The molecule has 0 radical (unpaired) electrons. The lowest BCUT2D eigenvalue weighted by Gasteiger charge is -2.41. The number of nitrogens with zero attached hydrogens (tertiary/aromatic N) is 1. The predicted molar refractivity (Wildman–Crippen MR) is 180 cm³/mol. The molecule has 0 aliphatic carbocycles. The van der Waals surface area contributed by atoms with E-state index in [0.29, 0.717) is 0 Å². The van der Waals surface area contributed by atoms with E-state index >= 15 is 0 Å². The normalized spacial score (nSPS) is 17.5. The molecule has 2 N–H and O–H groups in total. The molecule has 4 aromatic rings. The van der Waals surface area contributed by atoms with Gasteiger partial charge in [0.2, 0.25) is 11.7 Å². The second-order valence-corrected chi connectivity index (χ2v) is 11.2. The maximum Gasteiger partial charge on any atom is 0.370 e. The van der Waals surface area contributed by atoms with Gasteiger partial charge in [-0.1, -0.05) is 60.7 Å². The molecule has 0 unspecified atom stereocenters. The third-order valence-corrected chi connectivity index (χ3v) is 7.58. The van der Waals surface area contributed by atoms with Crippen molar-refractivity contribution >= 4 is 35.8 Å². The Morgan fingerprint density at radius 2 is 1.29 bits per heavy atom. The van der Waals surface area contributed by atoms with E-state index in [-0.39, 0.29) is 22.4 Å². The maximum absolute atomic E-state index is 13.6. The van der Waals surface area contributed by atoms with Gasteiger partial charge in [-0.3, -0.25) is 4.79 Å². The Kier molecular flexibility index (Phi) is 12.1. The van der Waals surface area contributed by atoms with Crippen molar-refractivity contribution in [3.63, 3.8) is 0 Å². The number of ether oxygens (including phenoxy) is 5. The van der Waals surface area contributed by atoms with Crippen LogP contribution in [0.1, 0.15) is 48.5 Å². The average molecular weight is 709 g/mol. The lowest BCUT2D eigenvalue weighted by Crippen LogP contribution is -2.62. The Labute approximate surface area is 296 Å². The minimum atomic E-state index is -1.84. The van der Waals surface area contributed by atoms with Gasteiger partial charge in [-0.25, -0.2) is 29.0 Å². The number of carbonyl (C=O) groups excluding carboxylic acids is 5. The van der Waals surface area contributed by atoms with Crippen molar-refractivity contribution in [3.8, 4) is 0 Å². The van der Waals surface area contributed by atoms with Gasteiger partial charge in [0.25, 0.3) is 0 Å². The number of pyridine rings is 1. The van der Waals surface area contributed by atoms with Gasteiger partial charge in [-0.2, -0.15) is 0 Å². The van der Waals surface area contributed by atoms with Crippen LogP contribution < -0.4 is 5.32 Å². The summed E-state index contributed by atoms with van der Waals surface area (Å²) in [5.74, 6) is -6.74. The predicted octanol–water partition coefficient (Wildman–Crippen LogP) is 3.79. The summed E-state index contributed by atoms with van der Waals surface area (Å²) in [6, 6.07) is 26.3. The molecule has 1 aliphatic rings. The Hall–Kier alpha value is -6.83. The monoisotopic (exact) mass is 708 g/mol. The van der Waals surface area contributed by atoms with Crippen LogP contribution in [0.15, 0.2) is 127 Å².